The molecule has 3 heteroatoms. The summed E-state index contributed by atoms with van der Waals surface area (Å²) in [7, 11) is 0. The van der Waals surface area contributed by atoms with Crippen molar-refractivity contribution in [2.75, 3.05) is 6.61 Å². The first-order chi connectivity index (χ1) is 10.0. The number of rotatable bonds is 5. The molecule has 0 aliphatic heterocycles. The Kier molecular flexibility index (Phi) is 5.43. The van der Waals surface area contributed by atoms with Gasteiger partial charge in [0, 0.05) is 10.5 Å². The summed E-state index contributed by atoms with van der Waals surface area (Å²) in [6.07, 6.45) is 0.833. The van der Waals surface area contributed by atoms with E-state index in [2.05, 4.69) is 48.0 Å². The molecule has 2 aromatic carbocycles. The lowest BCUT2D eigenvalue weighted by Crippen LogP contribution is -2.14. The summed E-state index contributed by atoms with van der Waals surface area (Å²) in [6.45, 7) is 6.89. The standard InChI is InChI=1S/C18H22BrNO/c1-4-21-15-7-8-16(17(19)11-15)18(20)10-14-9-12(2)5-6-13(14)3/h5-9,11,18H,4,10,20H2,1-3H3. The highest BCUT2D eigenvalue weighted by Gasteiger charge is 2.13. The van der Waals surface area contributed by atoms with E-state index in [1.54, 1.807) is 0 Å². The van der Waals surface area contributed by atoms with Crippen LogP contribution in [0.15, 0.2) is 40.9 Å². The van der Waals surface area contributed by atoms with E-state index in [1.165, 1.54) is 16.7 Å². The zero-order valence-electron chi connectivity index (χ0n) is 12.8. The highest BCUT2D eigenvalue weighted by molar-refractivity contribution is 9.10. The van der Waals surface area contributed by atoms with Crippen LogP contribution in [-0.4, -0.2) is 6.61 Å². The Balaban J connectivity index is 2.20. The number of aryl methyl sites for hydroxylation is 2. The topological polar surface area (TPSA) is 35.2 Å². The van der Waals surface area contributed by atoms with Gasteiger partial charge in [-0.05, 0) is 56.0 Å². The molecule has 0 radical (unpaired) electrons. The average Bonchev–Trinajstić information content (AvgIpc) is 2.43. The Bertz CT molecular complexity index is 625. The van der Waals surface area contributed by atoms with Gasteiger partial charge >= 0.3 is 0 Å². The molecular weight excluding hydrogens is 326 g/mol. The summed E-state index contributed by atoms with van der Waals surface area (Å²) in [5.74, 6) is 0.868. The van der Waals surface area contributed by atoms with Crippen LogP contribution in [0, 0.1) is 13.8 Å². The Morgan fingerprint density at radius 2 is 1.90 bits per heavy atom. The molecule has 1 unspecified atom stereocenters. The van der Waals surface area contributed by atoms with Crippen LogP contribution in [0.1, 0.15) is 35.2 Å². The first-order valence-electron chi connectivity index (χ1n) is 7.25. The molecule has 112 valence electrons. The fourth-order valence-electron chi connectivity index (χ4n) is 2.43. The second-order valence-corrected chi connectivity index (χ2v) is 6.21. The van der Waals surface area contributed by atoms with Crippen LogP contribution < -0.4 is 10.5 Å². The molecule has 0 spiro atoms. The first kappa shape index (κ1) is 16.1. The van der Waals surface area contributed by atoms with Gasteiger partial charge in [0.25, 0.3) is 0 Å². The highest BCUT2D eigenvalue weighted by Crippen LogP contribution is 2.29. The minimum atomic E-state index is -0.0319. The van der Waals surface area contributed by atoms with Crippen molar-refractivity contribution < 1.29 is 4.74 Å². The number of ether oxygens (including phenoxy) is 1. The van der Waals surface area contributed by atoms with Crippen molar-refractivity contribution in [2.45, 2.75) is 33.2 Å². The van der Waals surface area contributed by atoms with Crippen LogP contribution in [0.4, 0.5) is 0 Å². The third-order valence-corrected chi connectivity index (χ3v) is 4.31. The lowest BCUT2D eigenvalue weighted by atomic mass is 9.95. The lowest BCUT2D eigenvalue weighted by molar-refractivity contribution is 0.340. The molecule has 2 aromatic rings. The molecule has 0 bridgehead atoms. The molecule has 0 aromatic heterocycles. The molecule has 0 saturated carbocycles. The number of hydrogen-bond acceptors (Lipinski definition) is 2. The van der Waals surface area contributed by atoms with Crippen molar-refractivity contribution in [3.05, 3.63) is 63.1 Å². The first-order valence-corrected chi connectivity index (χ1v) is 8.04. The normalized spacial score (nSPS) is 12.2. The van der Waals surface area contributed by atoms with E-state index < -0.39 is 0 Å². The van der Waals surface area contributed by atoms with Crippen LogP contribution in [-0.2, 0) is 6.42 Å². The molecule has 0 aliphatic rings. The van der Waals surface area contributed by atoms with Crippen LogP contribution in [0.25, 0.3) is 0 Å². The number of nitrogens with two attached hydrogens (primary N) is 1. The van der Waals surface area contributed by atoms with E-state index in [0.717, 1.165) is 22.2 Å². The largest absolute Gasteiger partial charge is 0.494 e. The number of hydrogen-bond donors (Lipinski definition) is 1. The van der Waals surface area contributed by atoms with Gasteiger partial charge < -0.3 is 10.5 Å². The van der Waals surface area contributed by atoms with E-state index in [9.17, 15) is 0 Å². The summed E-state index contributed by atoms with van der Waals surface area (Å²) in [5.41, 5.74) is 11.4. The van der Waals surface area contributed by atoms with Crippen LogP contribution in [0.3, 0.4) is 0 Å². The van der Waals surface area contributed by atoms with Crippen molar-refractivity contribution in [3.63, 3.8) is 0 Å². The van der Waals surface area contributed by atoms with Crippen LogP contribution >= 0.6 is 15.9 Å². The summed E-state index contributed by atoms with van der Waals surface area (Å²) < 4.78 is 6.51. The predicted molar refractivity (Wildman–Crippen MR) is 91.9 cm³/mol. The van der Waals surface area contributed by atoms with E-state index >= 15 is 0 Å². The monoisotopic (exact) mass is 347 g/mol. The Labute approximate surface area is 135 Å². The minimum absolute atomic E-state index is 0.0319. The predicted octanol–water partition coefficient (Wildman–Crippen LogP) is 4.71. The molecule has 2 nitrogen and oxygen atoms in total. The fourth-order valence-corrected chi connectivity index (χ4v) is 3.08. The smallest absolute Gasteiger partial charge is 0.120 e. The molecule has 2 rings (SSSR count). The Morgan fingerprint density at radius 1 is 1.14 bits per heavy atom. The number of halogens is 1. The summed E-state index contributed by atoms with van der Waals surface area (Å²) in [6, 6.07) is 12.5. The Morgan fingerprint density at radius 3 is 2.57 bits per heavy atom. The second kappa shape index (κ2) is 7.10. The zero-order valence-corrected chi connectivity index (χ0v) is 14.4. The van der Waals surface area contributed by atoms with Gasteiger partial charge in [-0.2, -0.15) is 0 Å². The zero-order chi connectivity index (χ0) is 15.4. The van der Waals surface area contributed by atoms with Gasteiger partial charge in [0.1, 0.15) is 5.75 Å². The third-order valence-electron chi connectivity index (χ3n) is 3.63. The van der Waals surface area contributed by atoms with Crippen molar-refractivity contribution in [3.8, 4) is 5.75 Å². The molecule has 2 N–H and O–H groups in total. The van der Waals surface area contributed by atoms with Crippen LogP contribution in [0.2, 0.25) is 0 Å². The molecule has 0 amide bonds. The summed E-state index contributed by atoms with van der Waals surface area (Å²) in [4.78, 5) is 0. The lowest BCUT2D eigenvalue weighted by Gasteiger charge is -2.17. The third kappa shape index (κ3) is 4.08. The molecule has 1 atom stereocenters. The molecule has 0 heterocycles. The average molecular weight is 348 g/mol. The maximum absolute atomic E-state index is 6.40. The van der Waals surface area contributed by atoms with Gasteiger partial charge in [-0.1, -0.05) is 45.8 Å². The van der Waals surface area contributed by atoms with Gasteiger partial charge in [0.05, 0.1) is 6.61 Å². The Hall–Kier alpha value is -1.32. The fraction of sp³-hybridized carbons (Fsp3) is 0.333. The molecule has 21 heavy (non-hydrogen) atoms. The second-order valence-electron chi connectivity index (χ2n) is 5.36. The van der Waals surface area contributed by atoms with Crippen LogP contribution in [0.5, 0.6) is 5.75 Å². The van der Waals surface area contributed by atoms with Gasteiger partial charge in [0.15, 0.2) is 0 Å². The van der Waals surface area contributed by atoms with Gasteiger partial charge in [0.2, 0.25) is 0 Å². The highest BCUT2D eigenvalue weighted by atomic mass is 79.9. The minimum Gasteiger partial charge on any atom is -0.494 e. The maximum Gasteiger partial charge on any atom is 0.120 e. The van der Waals surface area contributed by atoms with E-state index in [-0.39, 0.29) is 6.04 Å². The van der Waals surface area contributed by atoms with Gasteiger partial charge in [-0.15, -0.1) is 0 Å². The van der Waals surface area contributed by atoms with Gasteiger partial charge in [-0.3, -0.25) is 0 Å². The summed E-state index contributed by atoms with van der Waals surface area (Å²) in [5, 5.41) is 0. The van der Waals surface area contributed by atoms with Crippen molar-refractivity contribution in [2.24, 2.45) is 5.73 Å². The van der Waals surface area contributed by atoms with Crippen molar-refractivity contribution >= 4 is 15.9 Å². The molecule has 0 saturated heterocycles. The van der Waals surface area contributed by atoms with Crippen molar-refractivity contribution in [1.82, 2.24) is 0 Å². The SMILES string of the molecule is CCOc1ccc(C(N)Cc2cc(C)ccc2C)c(Br)c1. The number of benzene rings is 2. The van der Waals surface area contributed by atoms with Gasteiger partial charge in [-0.25, -0.2) is 0 Å². The molecule has 0 aliphatic carbocycles. The van der Waals surface area contributed by atoms with E-state index in [0.29, 0.717) is 6.61 Å². The van der Waals surface area contributed by atoms with E-state index in [4.69, 9.17) is 10.5 Å². The summed E-state index contributed by atoms with van der Waals surface area (Å²) >= 11 is 3.60. The maximum atomic E-state index is 6.40. The van der Waals surface area contributed by atoms with E-state index in [1.807, 2.05) is 25.1 Å². The quantitative estimate of drug-likeness (QED) is 0.850. The molecular formula is C18H22BrNO. The van der Waals surface area contributed by atoms with Crippen molar-refractivity contribution in [1.29, 1.82) is 0 Å². The molecule has 0 fully saturated rings.